The number of carbonyl (C=O) groups is 1. The number of nitrogens with one attached hydrogen (secondary N) is 1. The van der Waals surface area contributed by atoms with Gasteiger partial charge in [-0.25, -0.2) is 0 Å². The third kappa shape index (κ3) is 3.23. The van der Waals surface area contributed by atoms with E-state index in [4.69, 9.17) is 31.3 Å². The van der Waals surface area contributed by atoms with Crippen molar-refractivity contribution in [2.75, 3.05) is 19.8 Å². The van der Waals surface area contributed by atoms with E-state index in [9.17, 15) is 4.79 Å². The molecule has 6 nitrogen and oxygen atoms in total. The third-order valence-corrected chi connectivity index (χ3v) is 2.74. The van der Waals surface area contributed by atoms with Crippen LogP contribution in [0, 0.1) is 0 Å². The number of aliphatic hydroxyl groups excluding tert-OH is 3. The average molecular weight is 278 g/mol. The van der Waals surface area contributed by atoms with Crippen molar-refractivity contribution in [3.05, 3.63) is 23.7 Å². The van der Waals surface area contributed by atoms with E-state index in [2.05, 4.69) is 5.32 Å². The van der Waals surface area contributed by atoms with Crippen molar-refractivity contribution in [2.24, 2.45) is 0 Å². The highest BCUT2D eigenvalue weighted by atomic mass is 35.5. The molecule has 0 saturated heterocycles. The molecule has 0 aliphatic rings. The van der Waals surface area contributed by atoms with Crippen molar-refractivity contribution in [3.63, 3.8) is 0 Å². The lowest BCUT2D eigenvalue weighted by atomic mass is 10.0. The van der Waals surface area contributed by atoms with Gasteiger partial charge in [-0.15, -0.1) is 11.6 Å². The number of amides is 1. The Bertz CT molecular complexity index is 392. The van der Waals surface area contributed by atoms with Crippen LogP contribution in [0.15, 0.2) is 16.5 Å². The summed E-state index contributed by atoms with van der Waals surface area (Å²) < 4.78 is 5.20. The van der Waals surface area contributed by atoms with E-state index >= 15 is 0 Å². The van der Waals surface area contributed by atoms with E-state index in [1.54, 1.807) is 13.0 Å². The maximum atomic E-state index is 11.8. The molecule has 18 heavy (non-hydrogen) atoms. The van der Waals surface area contributed by atoms with Gasteiger partial charge in [0, 0.05) is 0 Å². The number of aliphatic hydroxyl groups is 3. The molecule has 102 valence electrons. The molecule has 0 fully saturated rings. The lowest BCUT2D eigenvalue weighted by Gasteiger charge is -2.28. The fourth-order valence-corrected chi connectivity index (χ4v) is 1.38. The molecule has 0 radical (unpaired) electrons. The number of rotatable bonds is 6. The first-order valence-corrected chi connectivity index (χ1v) is 5.80. The van der Waals surface area contributed by atoms with Gasteiger partial charge in [0.25, 0.3) is 5.91 Å². The van der Waals surface area contributed by atoms with E-state index in [1.165, 1.54) is 6.07 Å². The van der Waals surface area contributed by atoms with E-state index in [0.717, 1.165) is 0 Å². The van der Waals surface area contributed by atoms with Crippen molar-refractivity contribution < 1.29 is 24.5 Å². The average Bonchev–Trinajstić information content (AvgIpc) is 2.86. The molecule has 1 unspecified atom stereocenters. The van der Waals surface area contributed by atoms with Crippen molar-refractivity contribution >= 4 is 17.5 Å². The minimum atomic E-state index is -1.48. The molecule has 7 heteroatoms. The van der Waals surface area contributed by atoms with Gasteiger partial charge in [0.2, 0.25) is 0 Å². The maximum Gasteiger partial charge on any atom is 0.287 e. The van der Waals surface area contributed by atoms with Crippen LogP contribution in [0.5, 0.6) is 0 Å². The Labute approximate surface area is 109 Å². The largest absolute Gasteiger partial charge is 0.454 e. The topological polar surface area (TPSA) is 103 Å². The summed E-state index contributed by atoms with van der Waals surface area (Å²) in [6, 6.07) is 2.99. The molecule has 4 N–H and O–H groups in total. The van der Waals surface area contributed by atoms with Gasteiger partial charge in [0.15, 0.2) is 5.76 Å². The summed E-state index contributed by atoms with van der Waals surface area (Å²) in [5, 5.41) is 29.2. The van der Waals surface area contributed by atoms with E-state index in [0.29, 0.717) is 5.76 Å². The Morgan fingerprint density at radius 1 is 1.39 bits per heavy atom. The third-order valence-electron chi connectivity index (χ3n) is 2.53. The molecule has 0 saturated carbocycles. The van der Waals surface area contributed by atoms with Gasteiger partial charge < -0.3 is 25.1 Å². The first-order chi connectivity index (χ1) is 8.48. The Kier molecular flexibility index (Phi) is 5.15. The number of furan rings is 1. The van der Waals surface area contributed by atoms with Gasteiger partial charge in [0.05, 0.1) is 25.2 Å². The summed E-state index contributed by atoms with van der Waals surface area (Å²) in [5.41, 5.74) is -1.48. The van der Waals surface area contributed by atoms with Crippen LogP contribution in [0.1, 0.15) is 28.6 Å². The molecular formula is C11H16ClNO5. The minimum absolute atomic E-state index is 0.00257. The summed E-state index contributed by atoms with van der Waals surface area (Å²) in [5.74, 6) is -0.211. The van der Waals surface area contributed by atoms with Crippen molar-refractivity contribution in [3.8, 4) is 0 Å². The molecule has 1 atom stereocenters. The van der Waals surface area contributed by atoms with E-state index in [-0.39, 0.29) is 11.1 Å². The molecular weight excluding hydrogens is 262 g/mol. The second-order valence-electron chi connectivity index (χ2n) is 4.03. The summed E-state index contributed by atoms with van der Waals surface area (Å²) in [6.07, 6.45) is 0. The molecule has 0 aliphatic carbocycles. The highest BCUT2D eigenvalue weighted by Gasteiger charge is 2.31. The molecule has 1 aromatic rings. The van der Waals surface area contributed by atoms with Gasteiger partial charge in [-0.1, -0.05) is 0 Å². The zero-order chi connectivity index (χ0) is 13.8. The smallest absolute Gasteiger partial charge is 0.287 e. The number of hydrogen-bond donors (Lipinski definition) is 4. The predicted octanol–water partition coefficient (Wildman–Crippen LogP) is 0.0249. The molecule has 1 heterocycles. The van der Waals surface area contributed by atoms with Crippen LogP contribution in [-0.2, 0) is 0 Å². The zero-order valence-corrected chi connectivity index (χ0v) is 10.6. The van der Waals surface area contributed by atoms with E-state index in [1.807, 2.05) is 0 Å². The van der Waals surface area contributed by atoms with Crippen LogP contribution in [0.4, 0.5) is 0 Å². The zero-order valence-electron chi connectivity index (χ0n) is 9.89. The minimum Gasteiger partial charge on any atom is -0.454 e. The van der Waals surface area contributed by atoms with Crippen LogP contribution in [-0.4, -0.2) is 46.6 Å². The van der Waals surface area contributed by atoms with Gasteiger partial charge >= 0.3 is 0 Å². The fraction of sp³-hybridized carbons (Fsp3) is 0.545. The molecule has 1 rings (SSSR count). The van der Waals surface area contributed by atoms with Crippen molar-refractivity contribution in [1.82, 2.24) is 5.32 Å². The summed E-state index contributed by atoms with van der Waals surface area (Å²) >= 11 is 5.79. The summed E-state index contributed by atoms with van der Waals surface area (Å²) in [4.78, 5) is 11.8. The molecule has 0 spiro atoms. The van der Waals surface area contributed by atoms with Crippen LogP contribution < -0.4 is 5.32 Å². The molecule has 0 aromatic carbocycles. The molecule has 1 amide bonds. The second kappa shape index (κ2) is 6.19. The highest BCUT2D eigenvalue weighted by Crippen LogP contribution is 2.21. The van der Waals surface area contributed by atoms with Crippen LogP contribution in [0.2, 0.25) is 0 Å². The van der Waals surface area contributed by atoms with Crippen molar-refractivity contribution in [2.45, 2.75) is 17.8 Å². The molecule has 0 aliphatic heterocycles. The Morgan fingerprint density at radius 2 is 1.94 bits per heavy atom. The van der Waals surface area contributed by atoms with Gasteiger partial charge in [0.1, 0.15) is 11.3 Å². The van der Waals surface area contributed by atoms with Crippen LogP contribution >= 0.6 is 11.6 Å². The SMILES string of the molecule is CC(Cl)c1ccc(C(=O)NC(CO)(CO)CO)o1. The quantitative estimate of drug-likeness (QED) is 0.549. The second-order valence-corrected chi connectivity index (χ2v) is 4.68. The Balaban J connectivity index is 2.80. The summed E-state index contributed by atoms with van der Waals surface area (Å²) in [7, 11) is 0. The standard InChI is InChI=1S/C11H16ClNO5/c1-7(12)8-2-3-9(18-8)10(17)13-11(4-14,5-15)6-16/h2-3,7,14-16H,4-6H2,1H3,(H,13,17). The van der Waals surface area contributed by atoms with Gasteiger partial charge in [-0.2, -0.15) is 0 Å². The van der Waals surface area contributed by atoms with Crippen LogP contribution in [0.3, 0.4) is 0 Å². The van der Waals surface area contributed by atoms with Gasteiger partial charge in [-0.05, 0) is 19.1 Å². The lowest BCUT2D eigenvalue weighted by molar-refractivity contribution is 0.0363. The maximum absolute atomic E-state index is 11.8. The van der Waals surface area contributed by atoms with Crippen molar-refractivity contribution in [1.29, 1.82) is 0 Å². The number of carbonyl (C=O) groups excluding carboxylic acids is 1. The highest BCUT2D eigenvalue weighted by molar-refractivity contribution is 6.20. The first-order valence-electron chi connectivity index (χ1n) is 5.37. The fourth-order valence-electron chi connectivity index (χ4n) is 1.26. The molecule has 0 bridgehead atoms. The van der Waals surface area contributed by atoms with Crippen LogP contribution in [0.25, 0.3) is 0 Å². The molecule has 1 aromatic heterocycles. The monoisotopic (exact) mass is 277 g/mol. The Morgan fingerprint density at radius 3 is 2.33 bits per heavy atom. The first kappa shape index (κ1) is 15.0. The predicted molar refractivity (Wildman–Crippen MR) is 64.4 cm³/mol. The number of hydrogen-bond acceptors (Lipinski definition) is 5. The number of halogens is 1. The summed E-state index contributed by atoms with van der Waals surface area (Å²) in [6.45, 7) is -0.0802. The normalized spacial score (nSPS) is 13.4. The number of alkyl halides is 1. The van der Waals surface area contributed by atoms with Gasteiger partial charge in [-0.3, -0.25) is 4.79 Å². The van der Waals surface area contributed by atoms with E-state index < -0.39 is 31.3 Å². The Hall–Kier alpha value is -1.08. The lowest BCUT2D eigenvalue weighted by Crippen LogP contribution is -2.56.